The molecule has 2 heteroatoms. The first-order valence-electron chi connectivity index (χ1n) is 12.8. The van der Waals surface area contributed by atoms with Crippen molar-refractivity contribution in [2.24, 2.45) is 10.4 Å². The average Bonchev–Trinajstić information content (AvgIpc) is 2.90. The SMILES string of the molecule is [B]c1c(C)c(C)c(C)c(C)c1-c1ccc(C(=C)/C=C(\N=C)C2=CCC(C)(/C(C=C)=C/C=C\C)C=C2)cc1. The van der Waals surface area contributed by atoms with Crippen LogP contribution in [0.1, 0.15) is 48.1 Å². The molecule has 1 atom stereocenters. The number of hydrogen-bond acceptors (Lipinski definition) is 1. The van der Waals surface area contributed by atoms with E-state index in [1.165, 1.54) is 22.3 Å². The van der Waals surface area contributed by atoms with Crippen molar-refractivity contribution in [2.45, 2.75) is 48.0 Å². The lowest BCUT2D eigenvalue weighted by Crippen LogP contribution is -2.17. The summed E-state index contributed by atoms with van der Waals surface area (Å²) in [5.74, 6) is 0. The first kappa shape index (κ1) is 27.9. The molecule has 0 bridgehead atoms. The van der Waals surface area contributed by atoms with Crippen LogP contribution in [-0.4, -0.2) is 14.6 Å². The van der Waals surface area contributed by atoms with Gasteiger partial charge in [0.05, 0.1) is 5.70 Å². The number of aliphatic imine (C=N–C) groups is 1. The molecule has 2 radical (unpaired) electrons. The maximum absolute atomic E-state index is 6.55. The van der Waals surface area contributed by atoms with E-state index >= 15 is 0 Å². The molecule has 0 aliphatic heterocycles. The predicted molar refractivity (Wildman–Crippen MR) is 166 cm³/mol. The fraction of sp³-hybridized carbons (Fsp3) is 0.229. The van der Waals surface area contributed by atoms with Crippen LogP contribution >= 0.6 is 0 Å². The molecule has 3 rings (SSSR count). The molecule has 0 saturated carbocycles. The summed E-state index contributed by atoms with van der Waals surface area (Å²) in [5.41, 5.74) is 12.9. The highest BCUT2D eigenvalue weighted by Gasteiger charge is 2.26. The van der Waals surface area contributed by atoms with Gasteiger partial charge in [-0.25, -0.2) is 0 Å². The minimum Gasteiger partial charge on any atom is -0.264 e. The normalized spacial score (nSPS) is 18.2. The van der Waals surface area contributed by atoms with Crippen LogP contribution in [0, 0.1) is 33.1 Å². The van der Waals surface area contributed by atoms with Gasteiger partial charge in [-0.05, 0) is 104 Å². The fourth-order valence-electron chi connectivity index (χ4n) is 4.86. The lowest BCUT2D eigenvalue weighted by molar-refractivity contribution is 0.528. The highest BCUT2D eigenvalue weighted by Crippen LogP contribution is 2.39. The van der Waals surface area contributed by atoms with E-state index in [0.29, 0.717) is 0 Å². The van der Waals surface area contributed by atoms with E-state index in [4.69, 9.17) is 7.85 Å². The van der Waals surface area contributed by atoms with Crippen molar-refractivity contribution in [3.8, 4) is 11.1 Å². The van der Waals surface area contributed by atoms with Gasteiger partial charge in [-0.1, -0.05) is 97.9 Å². The van der Waals surface area contributed by atoms with Gasteiger partial charge < -0.3 is 0 Å². The van der Waals surface area contributed by atoms with Crippen molar-refractivity contribution in [3.05, 3.63) is 131 Å². The molecule has 0 amide bonds. The molecule has 0 spiro atoms. The summed E-state index contributed by atoms with van der Waals surface area (Å²) in [6.07, 6.45) is 17.6. The van der Waals surface area contributed by atoms with Crippen molar-refractivity contribution in [2.75, 3.05) is 0 Å². The maximum atomic E-state index is 6.55. The monoisotopic (exact) mass is 483 g/mol. The van der Waals surface area contributed by atoms with E-state index in [0.717, 1.165) is 51.0 Å². The largest absolute Gasteiger partial charge is 0.264 e. The van der Waals surface area contributed by atoms with Crippen molar-refractivity contribution in [3.63, 3.8) is 0 Å². The Morgan fingerprint density at radius 1 is 1.03 bits per heavy atom. The molecule has 0 fully saturated rings. The average molecular weight is 484 g/mol. The van der Waals surface area contributed by atoms with E-state index in [1.54, 1.807) is 0 Å². The molecule has 0 saturated heterocycles. The third kappa shape index (κ3) is 5.69. The van der Waals surface area contributed by atoms with Crippen LogP contribution in [0.4, 0.5) is 0 Å². The van der Waals surface area contributed by atoms with Gasteiger partial charge in [0.2, 0.25) is 0 Å². The van der Waals surface area contributed by atoms with Gasteiger partial charge in [-0.2, -0.15) is 0 Å². The maximum Gasteiger partial charge on any atom is 0.115 e. The molecule has 37 heavy (non-hydrogen) atoms. The summed E-state index contributed by atoms with van der Waals surface area (Å²) in [7, 11) is 6.55. The number of nitrogens with zero attached hydrogens (tertiary/aromatic N) is 1. The Morgan fingerprint density at radius 2 is 1.68 bits per heavy atom. The second kappa shape index (κ2) is 11.6. The highest BCUT2D eigenvalue weighted by molar-refractivity contribution is 6.37. The van der Waals surface area contributed by atoms with Crippen molar-refractivity contribution >= 4 is 25.6 Å². The quantitative estimate of drug-likeness (QED) is 0.203. The summed E-state index contributed by atoms with van der Waals surface area (Å²) in [6, 6.07) is 8.45. The van der Waals surface area contributed by atoms with Crippen molar-refractivity contribution in [1.29, 1.82) is 0 Å². The van der Waals surface area contributed by atoms with Gasteiger partial charge in [-0.3, -0.25) is 4.99 Å². The zero-order valence-corrected chi connectivity index (χ0v) is 23.3. The number of rotatable bonds is 8. The fourth-order valence-corrected chi connectivity index (χ4v) is 4.86. The zero-order chi connectivity index (χ0) is 27.3. The van der Waals surface area contributed by atoms with Crippen LogP contribution < -0.4 is 5.46 Å². The summed E-state index contributed by atoms with van der Waals surface area (Å²) in [4.78, 5) is 4.32. The van der Waals surface area contributed by atoms with Crippen LogP contribution in [0.5, 0.6) is 0 Å². The Kier molecular flexibility index (Phi) is 8.76. The van der Waals surface area contributed by atoms with Gasteiger partial charge >= 0.3 is 0 Å². The van der Waals surface area contributed by atoms with Gasteiger partial charge in [0.15, 0.2) is 0 Å². The molecular formula is C35H38BN. The Labute approximate surface area is 225 Å². The summed E-state index contributed by atoms with van der Waals surface area (Å²) in [6.45, 7) is 24.9. The standard InChI is InChI=1S/C35H38BN/c1-10-12-13-31(11-2)35(8)20-18-29(19-21-35)32(37-9)22-23(3)28-14-16-30(17-15-28)33-26(6)24(4)25(5)27(7)34(33)36/h10-20,22H,2-3,9,21H2,1,4-8H3/b12-10-,31-13+,32-22-. The van der Waals surface area contributed by atoms with Crippen LogP contribution in [0.15, 0.2) is 108 Å². The molecule has 186 valence electrons. The molecule has 2 aromatic rings. The molecule has 0 heterocycles. The molecule has 1 aliphatic rings. The first-order valence-corrected chi connectivity index (χ1v) is 12.8. The minimum atomic E-state index is -0.101. The molecule has 1 unspecified atom stereocenters. The summed E-state index contributed by atoms with van der Waals surface area (Å²) < 4.78 is 0. The van der Waals surface area contributed by atoms with Gasteiger partial charge in [0.25, 0.3) is 0 Å². The smallest absolute Gasteiger partial charge is 0.115 e. The van der Waals surface area contributed by atoms with E-state index in [-0.39, 0.29) is 5.41 Å². The number of allylic oxidation sites excluding steroid dienone is 10. The second-order valence-corrected chi connectivity index (χ2v) is 10.0. The molecule has 1 aliphatic carbocycles. The molecular weight excluding hydrogens is 445 g/mol. The predicted octanol–water partition coefficient (Wildman–Crippen LogP) is 8.56. The third-order valence-electron chi connectivity index (χ3n) is 7.78. The summed E-state index contributed by atoms with van der Waals surface area (Å²) >= 11 is 0. The number of hydrogen-bond donors (Lipinski definition) is 0. The zero-order valence-electron chi connectivity index (χ0n) is 23.3. The summed E-state index contributed by atoms with van der Waals surface area (Å²) in [5, 5.41) is 0. The number of benzene rings is 2. The lowest BCUT2D eigenvalue weighted by Gasteiger charge is -2.29. The van der Waals surface area contributed by atoms with Gasteiger partial charge in [0, 0.05) is 5.41 Å². The van der Waals surface area contributed by atoms with Crippen LogP contribution in [0.2, 0.25) is 0 Å². The molecule has 2 aromatic carbocycles. The minimum absolute atomic E-state index is 0.101. The third-order valence-corrected chi connectivity index (χ3v) is 7.78. The van der Waals surface area contributed by atoms with Crippen molar-refractivity contribution in [1.82, 2.24) is 0 Å². The molecule has 0 N–H and O–H groups in total. The second-order valence-electron chi connectivity index (χ2n) is 10.0. The molecule has 1 nitrogen and oxygen atoms in total. The van der Waals surface area contributed by atoms with Crippen LogP contribution in [-0.2, 0) is 0 Å². The first-order chi connectivity index (χ1) is 17.6. The van der Waals surface area contributed by atoms with Crippen LogP contribution in [0.25, 0.3) is 16.7 Å². The van der Waals surface area contributed by atoms with E-state index in [9.17, 15) is 0 Å². The Hall–Kier alpha value is -3.65. The Morgan fingerprint density at radius 3 is 2.22 bits per heavy atom. The van der Waals surface area contributed by atoms with E-state index in [2.05, 4.69) is 114 Å². The Bertz CT molecular complexity index is 1360. The van der Waals surface area contributed by atoms with Crippen molar-refractivity contribution < 1.29 is 0 Å². The van der Waals surface area contributed by atoms with Gasteiger partial charge in [0.1, 0.15) is 7.85 Å². The lowest BCUT2D eigenvalue weighted by atomic mass is 9.75. The highest BCUT2D eigenvalue weighted by atomic mass is 14.7. The topological polar surface area (TPSA) is 12.4 Å². The van der Waals surface area contributed by atoms with Crippen LogP contribution in [0.3, 0.4) is 0 Å². The van der Waals surface area contributed by atoms with E-state index < -0.39 is 0 Å². The van der Waals surface area contributed by atoms with E-state index in [1.807, 2.05) is 25.2 Å². The molecule has 0 aromatic heterocycles. The van der Waals surface area contributed by atoms with Gasteiger partial charge in [-0.15, -0.1) is 0 Å². The Balaban J connectivity index is 1.86.